The van der Waals surface area contributed by atoms with Gasteiger partial charge in [-0.25, -0.2) is 4.98 Å². The highest BCUT2D eigenvalue weighted by atomic mass is 32.1. The highest BCUT2D eigenvalue weighted by Crippen LogP contribution is 2.44. The van der Waals surface area contributed by atoms with Crippen molar-refractivity contribution in [2.45, 2.75) is 65.5 Å². The van der Waals surface area contributed by atoms with Crippen LogP contribution in [-0.4, -0.2) is 24.1 Å². The van der Waals surface area contributed by atoms with Crippen molar-refractivity contribution in [2.75, 3.05) is 18.0 Å². The zero-order valence-electron chi connectivity index (χ0n) is 13.9. The summed E-state index contributed by atoms with van der Waals surface area (Å²) in [5.74, 6) is 2.39. The molecule has 3 rings (SSSR count). The lowest BCUT2D eigenvalue weighted by molar-refractivity contribution is 0.422. The molecule has 1 unspecified atom stereocenters. The summed E-state index contributed by atoms with van der Waals surface area (Å²) in [5.41, 5.74) is 1.40. The Balaban J connectivity index is 1.72. The van der Waals surface area contributed by atoms with Gasteiger partial charge in [0, 0.05) is 36.5 Å². The number of hydrogen-bond donors (Lipinski definition) is 1. The summed E-state index contributed by atoms with van der Waals surface area (Å²) in [6.07, 6.45) is 4.01. The van der Waals surface area contributed by atoms with Crippen molar-refractivity contribution in [1.82, 2.24) is 10.3 Å². The van der Waals surface area contributed by atoms with E-state index in [0.717, 1.165) is 24.3 Å². The van der Waals surface area contributed by atoms with Crippen LogP contribution in [0.15, 0.2) is 0 Å². The zero-order chi connectivity index (χ0) is 15.0. The van der Waals surface area contributed by atoms with Crippen LogP contribution in [0.1, 0.15) is 63.4 Å². The van der Waals surface area contributed by atoms with E-state index in [9.17, 15) is 0 Å². The average molecular weight is 308 g/mol. The van der Waals surface area contributed by atoms with Gasteiger partial charge in [0.2, 0.25) is 0 Å². The number of hydrogen-bond acceptors (Lipinski definition) is 4. The summed E-state index contributed by atoms with van der Waals surface area (Å²) >= 11 is 1.93. The van der Waals surface area contributed by atoms with Crippen molar-refractivity contribution >= 4 is 16.5 Å². The number of nitrogens with one attached hydrogen (secondary N) is 1. The van der Waals surface area contributed by atoms with Crippen molar-refractivity contribution in [1.29, 1.82) is 0 Å². The first-order valence-electron chi connectivity index (χ1n) is 8.52. The summed E-state index contributed by atoms with van der Waals surface area (Å²) in [6, 6.07) is 0.541. The molecule has 1 aromatic rings. The normalized spacial score (nSPS) is 22.8. The molecule has 0 spiro atoms. The predicted octanol–water partition coefficient (Wildman–Crippen LogP) is 4.00. The van der Waals surface area contributed by atoms with Gasteiger partial charge in [0.05, 0.1) is 5.69 Å². The zero-order valence-corrected chi connectivity index (χ0v) is 14.7. The molecule has 0 radical (unpaired) electrons. The highest BCUT2D eigenvalue weighted by Gasteiger charge is 2.32. The molecule has 4 heteroatoms. The third kappa shape index (κ3) is 3.59. The van der Waals surface area contributed by atoms with Crippen molar-refractivity contribution < 1.29 is 0 Å². The molecule has 0 amide bonds. The topological polar surface area (TPSA) is 28.2 Å². The van der Waals surface area contributed by atoms with Crippen LogP contribution in [0.4, 0.5) is 5.13 Å². The van der Waals surface area contributed by atoms with Crippen molar-refractivity contribution in [3.05, 3.63) is 10.6 Å². The minimum atomic E-state index is 0.541. The van der Waals surface area contributed by atoms with Gasteiger partial charge in [0.1, 0.15) is 0 Å². The quantitative estimate of drug-likeness (QED) is 0.861. The molecule has 0 bridgehead atoms. The van der Waals surface area contributed by atoms with Crippen LogP contribution >= 0.6 is 11.3 Å². The Morgan fingerprint density at radius 2 is 2.00 bits per heavy atom. The Labute approximate surface area is 133 Å². The second-order valence-electron chi connectivity index (χ2n) is 7.35. The van der Waals surface area contributed by atoms with E-state index in [4.69, 9.17) is 4.98 Å². The molecule has 118 valence electrons. The summed E-state index contributed by atoms with van der Waals surface area (Å²) in [6.45, 7) is 12.5. The molecular formula is C17H29N3S. The summed E-state index contributed by atoms with van der Waals surface area (Å²) in [4.78, 5) is 9.04. The lowest BCUT2D eigenvalue weighted by atomic mass is 9.95. The van der Waals surface area contributed by atoms with E-state index in [1.54, 1.807) is 0 Å². The van der Waals surface area contributed by atoms with Crippen LogP contribution in [0, 0.1) is 11.8 Å². The van der Waals surface area contributed by atoms with Gasteiger partial charge in [-0.3, -0.25) is 0 Å². The Morgan fingerprint density at radius 3 is 2.57 bits per heavy atom. The minimum Gasteiger partial charge on any atom is -0.348 e. The second-order valence-corrected chi connectivity index (χ2v) is 8.42. The molecular weight excluding hydrogens is 278 g/mol. The maximum Gasteiger partial charge on any atom is 0.185 e. The van der Waals surface area contributed by atoms with E-state index in [2.05, 4.69) is 37.9 Å². The number of aromatic nitrogens is 1. The average Bonchev–Trinajstić information content (AvgIpc) is 3.01. The molecule has 1 aliphatic heterocycles. The Morgan fingerprint density at radius 1 is 1.24 bits per heavy atom. The van der Waals surface area contributed by atoms with E-state index in [1.807, 2.05) is 11.3 Å². The first kappa shape index (κ1) is 15.3. The number of nitrogens with zero attached hydrogens (tertiary/aromatic N) is 2. The number of anilines is 1. The monoisotopic (exact) mass is 307 g/mol. The fraction of sp³-hybridized carbons (Fsp3) is 0.824. The molecule has 1 N–H and O–H groups in total. The molecule has 21 heavy (non-hydrogen) atoms. The van der Waals surface area contributed by atoms with Crippen LogP contribution in [-0.2, 0) is 6.54 Å². The molecule has 2 fully saturated rings. The van der Waals surface area contributed by atoms with E-state index >= 15 is 0 Å². The van der Waals surface area contributed by atoms with Gasteiger partial charge in [-0.1, -0.05) is 27.7 Å². The lowest BCUT2D eigenvalue weighted by Gasteiger charge is -2.16. The number of rotatable bonds is 6. The van der Waals surface area contributed by atoms with Gasteiger partial charge in [-0.2, -0.15) is 0 Å². The van der Waals surface area contributed by atoms with Crippen molar-refractivity contribution in [2.24, 2.45) is 11.8 Å². The van der Waals surface area contributed by atoms with E-state index in [0.29, 0.717) is 6.04 Å². The molecule has 1 aromatic heterocycles. The maximum atomic E-state index is 5.03. The van der Waals surface area contributed by atoms with Crippen molar-refractivity contribution in [3.63, 3.8) is 0 Å². The fourth-order valence-electron chi connectivity index (χ4n) is 3.09. The Hall–Kier alpha value is -0.610. The summed E-state index contributed by atoms with van der Waals surface area (Å²) < 4.78 is 0. The van der Waals surface area contributed by atoms with E-state index in [-0.39, 0.29) is 0 Å². The fourth-order valence-corrected chi connectivity index (χ4v) is 4.22. The van der Waals surface area contributed by atoms with Gasteiger partial charge in [-0.05, 0) is 31.1 Å². The Kier molecular flexibility index (Phi) is 4.55. The van der Waals surface area contributed by atoms with Gasteiger partial charge < -0.3 is 10.2 Å². The molecule has 1 aliphatic carbocycles. The molecule has 2 aliphatic rings. The van der Waals surface area contributed by atoms with E-state index < -0.39 is 0 Å². The predicted molar refractivity (Wildman–Crippen MR) is 91.2 cm³/mol. The standard InChI is InChI=1S/C17H29N3S/c1-11(2)14-7-8-20(10-14)17-19-16(13-5-6-13)15(21-17)9-18-12(3)4/h11-14,18H,5-10H2,1-4H3. The van der Waals surface area contributed by atoms with Crippen LogP contribution < -0.4 is 10.2 Å². The first-order chi connectivity index (χ1) is 10.0. The van der Waals surface area contributed by atoms with Gasteiger partial charge in [0.25, 0.3) is 0 Å². The second kappa shape index (κ2) is 6.25. The summed E-state index contributed by atoms with van der Waals surface area (Å²) in [5, 5.41) is 4.85. The number of thiazole rings is 1. The Bertz CT molecular complexity index is 476. The van der Waals surface area contributed by atoms with E-state index in [1.165, 1.54) is 48.1 Å². The minimum absolute atomic E-state index is 0.541. The third-order valence-electron chi connectivity index (χ3n) is 4.79. The molecule has 2 heterocycles. The SMILES string of the molecule is CC(C)NCc1sc(N2CCC(C(C)C)C2)nc1C1CC1. The molecule has 1 saturated heterocycles. The van der Waals surface area contributed by atoms with Crippen molar-refractivity contribution in [3.8, 4) is 0 Å². The lowest BCUT2D eigenvalue weighted by Crippen LogP contribution is -2.21. The van der Waals surface area contributed by atoms with Crippen LogP contribution in [0.3, 0.4) is 0 Å². The summed E-state index contributed by atoms with van der Waals surface area (Å²) in [7, 11) is 0. The molecule has 0 aromatic carbocycles. The first-order valence-corrected chi connectivity index (χ1v) is 9.34. The molecule has 1 atom stereocenters. The molecule has 3 nitrogen and oxygen atoms in total. The molecule has 1 saturated carbocycles. The maximum absolute atomic E-state index is 5.03. The van der Waals surface area contributed by atoms with Crippen LogP contribution in [0.2, 0.25) is 0 Å². The van der Waals surface area contributed by atoms with Gasteiger partial charge in [0.15, 0.2) is 5.13 Å². The smallest absolute Gasteiger partial charge is 0.185 e. The van der Waals surface area contributed by atoms with Gasteiger partial charge in [-0.15, -0.1) is 11.3 Å². The largest absolute Gasteiger partial charge is 0.348 e. The van der Waals surface area contributed by atoms with Gasteiger partial charge >= 0.3 is 0 Å². The highest BCUT2D eigenvalue weighted by molar-refractivity contribution is 7.15. The van der Waals surface area contributed by atoms with Crippen LogP contribution in [0.5, 0.6) is 0 Å². The third-order valence-corrected chi connectivity index (χ3v) is 5.92. The van der Waals surface area contributed by atoms with Crippen LogP contribution in [0.25, 0.3) is 0 Å².